The first-order valence-electron chi connectivity index (χ1n) is 5.45. The molecular weight excluding hydrogens is 323 g/mol. The Morgan fingerprint density at radius 1 is 1.44 bits per heavy atom. The van der Waals surface area contributed by atoms with Crippen LogP contribution in [0.1, 0.15) is 6.42 Å². The fourth-order valence-electron chi connectivity index (χ4n) is 1.45. The lowest BCUT2D eigenvalue weighted by Gasteiger charge is -2.17. The molecule has 0 atom stereocenters. The lowest BCUT2D eigenvalue weighted by Crippen LogP contribution is -2.29. The highest BCUT2D eigenvalue weighted by molar-refractivity contribution is 9.10. The normalized spacial score (nSPS) is 12.1. The maximum Gasteiger partial charge on any atom is 0.243 e. The predicted molar refractivity (Wildman–Crippen MR) is 72.5 cm³/mol. The molecule has 0 fully saturated rings. The second-order valence-electron chi connectivity index (χ2n) is 3.86. The first kappa shape index (κ1) is 15.6. The Morgan fingerprint density at radius 3 is 2.67 bits per heavy atom. The molecule has 4 nitrogen and oxygen atoms in total. The van der Waals surface area contributed by atoms with E-state index in [4.69, 9.17) is 0 Å². The first-order valence-corrected chi connectivity index (χ1v) is 7.69. The largest absolute Gasteiger partial charge is 0.320 e. The van der Waals surface area contributed by atoms with Gasteiger partial charge >= 0.3 is 0 Å². The van der Waals surface area contributed by atoms with Gasteiger partial charge in [0.1, 0.15) is 5.82 Å². The van der Waals surface area contributed by atoms with Gasteiger partial charge in [-0.1, -0.05) is 0 Å². The van der Waals surface area contributed by atoms with Crippen LogP contribution < -0.4 is 5.32 Å². The van der Waals surface area contributed by atoms with E-state index in [9.17, 15) is 12.8 Å². The second-order valence-corrected chi connectivity index (χ2v) is 6.73. The lowest BCUT2D eigenvalue weighted by atomic mass is 10.3. The van der Waals surface area contributed by atoms with Crippen molar-refractivity contribution in [2.45, 2.75) is 11.3 Å². The number of benzene rings is 1. The van der Waals surface area contributed by atoms with Gasteiger partial charge in [-0.25, -0.2) is 17.1 Å². The summed E-state index contributed by atoms with van der Waals surface area (Å²) in [6, 6.07) is 3.55. The lowest BCUT2D eigenvalue weighted by molar-refractivity contribution is 0.457. The highest BCUT2D eigenvalue weighted by atomic mass is 79.9. The van der Waals surface area contributed by atoms with Crippen molar-refractivity contribution < 1.29 is 12.8 Å². The maximum absolute atomic E-state index is 12.9. The van der Waals surface area contributed by atoms with Crippen LogP contribution in [0.3, 0.4) is 0 Å². The van der Waals surface area contributed by atoms with Crippen LogP contribution in [0.4, 0.5) is 4.39 Å². The minimum atomic E-state index is -3.57. The summed E-state index contributed by atoms with van der Waals surface area (Å²) in [7, 11) is -0.250. The summed E-state index contributed by atoms with van der Waals surface area (Å²) < 4.78 is 38.9. The van der Waals surface area contributed by atoms with Crippen molar-refractivity contribution in [2.24, 2.45) is 0 Å². The Hall–Kier alpha value is -0.500. The number of hydrogen-bond donors (Lipinski definition) is 1. The Kier molecular flexibility index (Phi) is 5.71. The van der Waals surface area contributed by atoms with Crippen molar-refractivity contribution in [3.8, 4) is 0 Å². The van der Waals surface area contributed by atoms with Gasteiger partial charge in [-0.2, -0.15) is 0 Å². The van der Waals surface area contributed by atoms with Gasteiger partial charge in [0.2, 0.25) is 10.0 Å². The molecule has 0 aliphatic carbocycles. The standard InChI is InChI=1S/C11H16BrFN2O2S/c1-14-6-3-7-15(2)18(16,17)11-5-4-9(13)8-10(11)12/h4-5,8,14H,3,6-7H2,1-2H3. The Balaban J connectivity index is 2.91. The summed E-state index contributed by atoms with van der Waals surface area (Å²) in [5.74, 6) is -0.473. The van der Waals surface area contributed by atoms with Crippen LogP contribution in [0.15, 0.2) is 27.6 Å². The first-order chi connectivity index (χ1) is 8.39. The third-order valence-electron chi connectivity index (χ3n) is 2.48. The molecule has 102 valence electrons. The third kappa shape index (κ3) is 3.74. The molecule has 0 heterocycles. The van der Waals surface area contributed by atoms with E-state index in [1.807, 2.05) is 7.05 Å². The summed E-state index contributed by atoms with van der Waals surface area (Å²) >= 11 is 3.07. The van der Waals surface area contributed by atoms with E-state index < -0.39 is 15.8 Å². The van der Waals surface area contributed by atoms with Crippen LogP contribution >= 0.6 is 15.9 Å². The molecule has 18 heavy (non-hydrogen) atoms. The SMILES string of the molecule is CNCCCN(C)S(=O)(=O)c1ccc(F)cc1Br. The Labute approximate surface area is 115 Å². The van der Waals surface area contributed by atoms with Gasteiger partial charge in [0.05, 0.1) is 4.90 Å². The molecule has 7 heteroatoms. The van der Waals surface area contributed by atoms with Crippen LogP contribution in [-0.4, -0.2) is 39.9 Å². The van der Waals surface area contributed by atoms with Crippen LogP contribution in [0.25, 0.3) is 0 Å². The smallest absolute Gasteiger partial charge is 0.243 e. The maximum atomic E-state index is 12.9. The predicted octanol–water partition coefficient (Wildman–Crippen LogP) is 1.82. The molecular formula is C11H16BrFN2O2S. The molecule has 1 aromatic carbocycles. The molecule has 0 aromatic heterocycles. The van der Waals surface area contributed by atoms with Gasteiger partial charge in [-0.15, -0.1) is 0 Å². The average molecular weight is 339 g/mol. The van der Waals surface area contributed by atoms with Gasteiger partial charge < -0.3 is 5.32 Å². The van der Waals surface area contributed by atoms with E-state index in [1.54, 1.807) is 0 Å². The summed E-state index contributed by atoms with van der Waals surface area (Å²) in [6.45, 7) is 1.15. The summed E-state index contributed by atoms with van der Waals surface area (Å²) in [5, 5.41) is 2.95. The van der Waals surface area contributed by atoms with Gasteiger partial charge in [-0.3, -0.25) is 0 Å². The average Bonchev–Trinajstić information content (AvgIpc) is 2.28. The summed E-state index contributed by atoms with van der Waals surface area (Å²) in [4.78, 5) is 0.0795. The fraction of sp³-hybridized carbons (Fsp3) is 0.455. The minimum Gasteiger partial charge on any atom is -0.320 e. The molecule has 0 bridgehead atoms. The van der Waals surface area contributed by atoms with E-state index in [0.29, 0.717) is 13.0 Å². The van der Waals surface area contributed by atoms with Crippen molar-refractivity contribution in [1.82, 2.24) is 9.62 Å². The molecule has 0 saturated heterocycles. The van der Waals surface area contributed by atoms with Crippen molar-refractivity contribution in [3.63, 3.8) is 0 Å². The van der Waals surface area contributed by atoms with Crippen molar-refractivity contribution in [1.29, 1.82) is 0 Å². The molecule has 0 aliphatic heterocycles. The minimum absolute atomic E-state index is 0.0795. The molecule has 0 saturated carbocycles. The number of nitrogens with zero attached hydrogens (tertiary/aromatic N) is 1. The fourth-order valence-corrected chi connectivity index (χ4v) is 3.67. The zero-order valence-corrected chi connectivity index (χ0v) is 12.7. The van der Waals surface area contributed by atoms with Crippen molar-refractivity contribution in [3.05, 3.63) is 28.5 Å². The third-order valence-corrected chi connectivity index (χ3v) is 5.32. The molecule has 0 aliphatic rings. The summed E-state index contributed by atoms with van der Waals surface area (Å²) in [5.41, 5.74) is 0. The van der Waals surface area contributed by atoms with E-state index in [-0.39, 0.29) is 9.37 Å². The number of nitrogens with one attached hydrogen (secondary N) is 1. The van der Waals surface area contributed by atoms with Gasteiger partial charge in [0, 0.05) is 18.1 Å². The number of halogens is 2. The van der Waals surface area contributed by atoms with Crippen LogP contribution in [0.2, 0.25) is 0 Å². The highest BCUT2D eigenvalue weighted by Gasteiger charge is 2.23. The van der Waals surface area contributed by atoms with E-state index in [0.717, 1.165) is 18.7 Å². The molecule has 1 aromatic rings. The van der Waals surface area contributed by atoms with Crippen LogP contribution in [0.5, 0.6) is 0 Å². The molecule has 1 N–H and O–H groups in total. The topological polar surface area (TPSA) is 49.4 Å². The Bertz CT molecular complexity index is 508. The zero-order valence-electron chi connectivity index (χ0n) is 10.3. The quantitative estimate of drug-likeness (QED) is 0.805. The monoisotopic (exact) mass is 338 g/mol. The van der Waals surface area contributed by atoms with Crippen molar-refractivity contribution >= 4 is 26.0 Å². The molecule has 0 unspecified atom stereocenters. The Morgan fingerprint density at radius 2 is 2.11 bits per heavy atom. The van der Waals surface area contributed by atoms with E-state index in [1.165, 1.54) is 17.4 Å². The van der Waals surface area contributed by atoms with Crippen LogP contribution in [0, 0.1) is 5.82 Å². The zero-order chi connectivity index (χ0) is 13.8. The number of rotatable bonds is 6. The second kappa shape index (κ2) is 6.60. The molecule has 0 spiro atoms. The van der Waals surface area contributed by atoms with Gasteiger partial charge in [-0.05, 0) is 54.1 Å². The van der Waals surface area contributed by atoms with Crippen molar-refractivity contribution in [2.75, 3.05) is 27.2 Å². The van der Waals surface area contributed by atoms with E-state index in [2.05, 4.69) is 21.2 Å². The van der Waals surface area contributed by atoms with Crippen LogP contribution in [-0.2, 0) is 10.0 Å². The number of hydrogen-bond acceptors (Lipinski definition) is 3. The van der Waals surface area contributed by atoms with E-state index >= 15 is 0 Å². The highest BCUT2D eigenvalue weighted by Crippen LogP contribution is 2.25. The number of sulfonamides is 1. The molecule has 1 rings (SSSR count). The van der Waals surface area contributed by atoms with Gasteiger partial charge in [0.25, 0.3) is 0 Å². The molecule has 0 radical (unpaired) electrons. The van der Waals surface area contributed by atoms with Gasteiger partial charge in [0.15, 0.2) is 0 Å². The summed E-state index contributed by atoms with van der Waals surface area (Å²) in [6.07, 6.45) is 0.713. The molecule has 0 amide bonds.